The van der Waals surface area contributed by atoms with Gasteiger partial charge in [-0.3, -0.25) is 9.99 Å². The SMILES string of the molecule is CCCOc1ccc(-c2ccc(C(C(=O)O)N3Cc4[nH]c(-c5cccc(F)c5F)nc4C=N3)cn2)c(C(F)(F)F)c1. The molecule has 0 aliphatic carbocycles. The number of benzene rings is 2. The number of aromatic amines is 1. The molecule has 4 aromatic rings. The van der Waals surface area contributed by atoms with Gasteiger partial charge in [0, 0.05) is 17.3 Å². The highest BCUT2D eigenvalue weighted by molar-refractivity contribution is 5.82. The topological polar surface area (TPSA) is 104 Å². The Morgan fingerprint density at radius 2 is 1.95 bits per heavy atom. The average molecular weight is 572 g/mol. The van der Waals surface area contributed by atoms with Crippen molar-refractivity contribution in [2.24, 2.45) is 5.10 Å². The zero-order valence-corrected chi connectivity index (χ0v) is 21.4. The predicted octanol–water partition coefficient (Wildman–Crippen LogP) is 6.20. The highest BCUT2D eigenvalue weighted by atomic mass is 19.4. The maximum Gasteiger partial charge on any atom is 0.417 e. The minimum absolute atomic E-state index is 0.00739. The van der Waals surface area contributed by atoms with E-state index in [1.54, 1.807) is 0 Å². The number of pyridine rings is 1. The van der Waals surface area contributed by atoms with Crippen LogP contribution in [0.25, 0.3) is 22.6 Å². The van der Waals surface area contributed by atoms with Crippen molar-refractivity contribution < 1.29 is 36.6 Å². The van der Waals surface area contributed by atoms with Crippen LogP contribution in [-0.2, 0) is 17.5 Å². The molecule has 5 rings (SSSR count). The van der Waals surface area contributed by atoms with Gasteiger partial charge in [-0.25, -0.2) is 18.6 Å². The van der Waals surface area contributed by atoms with Crippen molar-refractivity contribution in [2.75, 3.05) is 6.61 Å². The molecule has 2 aromatic heterocycles. The second-order valence-corrected chi connectivity index (χ2v) is 9.16. The molecule has 0 fully saturated rings. The monoisotopic (exact) mass is 571 g/mol. The van der Waals surface area contributed by atoms with Gasteiger partial charge < -0.3 is 14.8 Å². The van der Waals surface area contributed by atoms with Crippen molar-refractivity contribution in [1.29, 1.82) is 0 Å². The van der Waals surface area contributed by atoms with E-state index < -0.39 is 35.4 Å². The molecule has 1 atom stereocenters. The molecule has 8 nitrogen and oxygen atoms in total. The summed E-state index contributed by atoms with van der Waals surface area (Å²) in [4.78, 5) is 23.5. The maximum absolute atomic E-state index is 14.3. The Bertz CT molecular complexity index is 1620. The number of H-pyrrole nitrogens is 1. The van der Waals surface area contributed by atoms with E-state index in [1.165, 1.54) is 53.8 Å². The van der Waals surface area contributed by atoms with Crippen LogP contribution in [0.2, 0.25) is 0 Å². The lowest BCUT2D eigenvalue weighted by molar-refractivity contribution is -0.144. The Hall–Kier alpha value is -4.81. The summed E-state index contributed by atoms with van der Waals surface area (Å²) in [6.45, 7) is 2.03. The number of halogens is 5. The summed E-state index contributed by atoms with van der Waals surface area (Å²) in [7, 11) is 0. The molecule has 3 heterocycles. The molecule has 0 spiro atoms. The van der Waals surface area contributed by atoms with Crippen LogP contribution in [-0.4, -0.2) is 43.9 Å². The second-order valence-electron chi connectivity index (χ2n) is 9.16. The number of imidazole rings is 1. The molecule has 0 saturated carbocycles. The molecule has 1 aliphatic rings. The number of fused-ring (bicyclic) bond motifs is 1. The van der Waals surface area contributed by atoms with E-state index in [0.29, 0.717) is 17.8 Å². The second kappa shape index (κ2) is 11.0. The van der Waals surface area contributed by atoms with Crippen LogP contribution in [0.1, 0.15) is 41.9 Å². The Balaban J connectivity index is 1.41. The first-order valence-electron chi connectivity index (χ1n) is 12.4. The number of hydrazone groups is 1. The molecule has 0 amide bonds. The number of hydrogen-bond donors (Lipinski definition) is 2. The van der Waals surface area contributed by atoms with E-state index in [-0.39, 0.29) is 47.1 Å². The van der Waals surface area contributed by atoms with Gasteiger partial charge in [-0.1, -0.05) is 19.1 Å². The van der Waals surface area contributed by atoms with Crippen LogP contribution in [0.15, 0.2) is 59.8 Å². The zero-order chi connectivity index (χ0) is 29.3. The van der Waals surface area contributed by atoms with Gasteiger partial charge in [-0.2, -0.15) is 18.3 Å². The highest BCUT2D eigenvalue weighted by Gasteiger charge is 2.35. The molecule has 0 radical (unpaired) electrons. The van der Waals surface area contributed by atoms with Crippen molar-refractivity contribution in [2.45, 2.75) is 32.1 Å². The standard InChI is InChI=1S/C28H22F5N5O3/c1-2-10-41-16-7-8-17(19(11-16)28(31,32)33)21-9-6-15(12-34-21)25(27(39)40)38-14-23-22(13-35-38)36-26(37-23)18-4-3-5-20(29)24(18)30/h3-9,11-13,25H,2,10,14H2,1H3,(H,36,37)(H,39,40). The molecular formula is C28H22F5N5O3. The van der Waals surface area contributed by atoms with Gasteiger partial charge in [0.25, 0.3) is 0 Å². The number of aliphatic carboxylic acids is 1. The lowest BCUT2D eigenvalue weighted by atomic mass is 10.0. The van der Waals surface area contributed by atoms with E-state index in [9.17, 15) is 31.9 Å². The van der Waals surface area contributed by atoms with E-state index in [2.05, 4.69) is 20.1 Å². The summed E-state index contributed by atoms with van der Waals surface area (Å²) in [6.07, 6.45) is -1.58. The molecule has 41 heavy (non-hydrogen) atoms. The summed E-state index contributed by atoms with van der Waals surface area (Å²) in [6, 6.07) is 8.57. The minimum Gasteiger partial charge on any atom is -0.494 e. The molecule has 2 aromatic carbocycles. The summed E-state index contributed by atoms with van der Waals surface area (Å²) in [5.41, 5.74) is -0.328. The number of carboxylic acid groups (broad SMARTS) is 1. The fourth-order valence-corrected chi connectivity index (χ4v) is 4.41. The van der Waals surface area contributed by atoms with Crippen LogP contribution >= 0.6 is 0 Å². The van der Waals surface area contributed by atoms with Gasteiger partial charge in [0.05, 0.1) is 41.9 Å². The average Bonchev–Trinajstić information content (AvgIpc) is 3.36. The molecule has 0 saturated heterocycles. The molecule has 13 heteroatoms. The quantitative estimate of drug-likeness (QED) is 0.244. The lowest BCUT2D eigenvalue weighted by Gasteiger charge is -2.28. The van der Waals surface area contributed by atoms with Crippen molar-refractivity contribution in [3.8, 4) is 28.4 Å². The van der Waals surface area contributed by atoms with Gasteiger partial charge in [0.2, 0.25) is 0 Å². The first-order valence-corrected chi connectivity index (χ1v) is 12.4. The zero-order valence-electron chi connectivity index (χ0n) is 21.4. The number of aromatic nitrogens is 3. The predicted molar refractivity (Wildman–Crippen MR) is 138 cm³/mol. The van der Waals surface area contributed by atoms with Gasteiger partial charge >= 0.3 is 12.1 Å². The lowest BCUT2D eigenvalue weighted by Crippen LogP contribution is -2.32. The van der Waals surface area contributed by atoms with E-state index in [0.717, 1.165) is 12.1 Å². The molecule has 0 bridgehead atoms. The van der Waals surface area contributed by atoms with E-state index in [1.807, 2.05) is 6.92 Å². The summed E-state index contributed by atoms with van der Waals surface area (Å²) < 4.78 is 74.8. The Labute approximate surface area is 230 Å². The maximum atomic E-state index is 14.3. The molecule has 1 unspecified atom stereocenters. The number of ether oxygens (including phenoxy) is 1. The molecule has 1 aliphatic heterocycles. The number of nitrogens with zero attached hydrogens (tertiary/aromatic N) is 4. The van der Waals surface area contributed by atoms with Crippen molar-refractivity contribution >= 4 is 12.2 Å². The molecule has 2 N–H and O–H groups in total. The van der Waals surface area contributed by atoms with Crippen molar-refractivity contribution in [3.63, 3.8) is 0 Å². The number of carboxylic acids is 1. The van der Waals surface area contributed by atoms with Gasteiger partial charge in [-0.05, 0) is 42.8 Å². The van der Waals surface area contributed by atoms with Crippen LogP contribution in [0.4, 0.5) is 22.0 Å². The molecular weight excluding hydrogens is 549 g/mol. The van der Waals surface area contributed by atoms with Crippen molar-refractivity contribution in [3.05, 3.63) is 88.9 Å². The summed E-state index contributed by atoms with van der Waals surface area (Å²) >= 11 is 0. The van der Waals surface area contributed by atoms with Crippen molar-refractivity contribution in [1.82, 2.24) is 20.0 Å². The summed E-state index contributed by atoms with van der Waals surface area (Å²) in [5, 5.41) is 15.4. The van der Waals surface area contributed by atoms with Gasteiger partial charge in [0.15, 0.2) is 17.7 Å². The number of hydrogen-bond acceptors (Lipinski definition) is 6. The smallest absolute Gasteiger partial charge is 0.417 e. The van der Waals surface area contributed by atoms with Crippen LogP contribution in [0, 0.1) is 11.6 Å². The van der Waals surface area contributed by atoms with Crippen LogP contribution < -0.4 is 4.74 Å². The Morgan fingerprint density at radius 3 is 2.63 bits per heavy atom. The summed E-state index contributed by atoms with van der Waals surface area (Å²) in [5.74, 6) is -3.29. The number of nitrogens with one attached hydrogen (secondary N) is 1. The third-order valence-electron chi connectivity index (χ3n) is 6.35. The highest BCUT2D eigenvalue weighted by Crippen LogP contribution is 2.39. The van der Waals surface area contributed by atoms with Crippen LogP contribution in [0.5, 0.6) is 5.75 Å². The molecule has 212 valence electrons. The van der Waals surface area contributed by atoms with E-state index in [4.69, 9.17) is 4.74 Å². The van der Waals surface area contributed by atoms with Gasteiger partial charge in [0.1, 0.15) is 17.3 Å². The normalized spacial score (nSPS) is 13.7. The Kier molecular flexibility index (Phi) is 7.43. The largest absolute Gasteiger partial charge is 0.494 e. The van der Waals surface area contributed by atoms with Crippen LogP contribution in [0.3, 0.4) is 0 Å². The van der Waals surface area contributed by atoms with E-state index >= 15 is 0 Å². The first-order chi connectivity index (χ1) is 19.6. The minimum atomic E-state index is -4.68. The number of alkyl halides is 3. The first kappa shape index (κ1) is 27.7. The third kappa shape index (κ3) is 5.60. The third-order valence-corrected chi connectivity index (χ3v) is 6.35. The number of rotatable bonds is 8. The fraction of sp³-hybridized carbons (Fsp3) is 0.214. The fourth-order valence-electron chi connectivity index (χ4n) is 4.41. The van der Waals surface area contributed by atoms with Gasteiger partial charge in [-0.15, -0.1) is 0 Å². The number of carbonyl (C=O) groups is 1. The Morgan fingerprint density at radius 1 is 1.15 bits per heavy atom.